The van der Waals surface area contributed by atoms with Crippen LogP contribution < -0.4 is 5.73 Å². The van der Waals surface area contributed by atoms with Crippen molar-refractivity contribution in [1.29, 1.82) is 5.26 Å². The maximum atomic E-state index is 12.5. The SMILES string of the molecule is N#Cc1c(Cl)cccc1S(=O)(=O)N1CCC(CN)C1. The highest BCUT2D eigenvalue weighted by Gasteiger charge is 2.33. The topological polar surface area (TPSA) is 87.2 Å². The zero-order valence-corrected chi connectivity index (χ0v) is 11.8. The molecule has 5 nitrogen and oxygen atoms in total. The summed E-state index contributed by atoms with van der Waals surface area (Å²) in [6.45, 7) is 1.30. The van der Waals surface area contributed by atoms with E-state index in [2.05, 4.69) is 0 Å². The first kappa shape index (κ1) is 14.3. The molecule has 1 saturated heterocycles. The molecule has 1 aliphatic heterocycles. The molecule has 1 aromatic rings. The third kappa shape index (κ3) is 2.60. The van der Waals surface area contributed by atoms with E-state index >= 15 is 0 Å². The molecule has 1 unspecified atom stereocenters. The molecule has 102 valence electrons. The number of hydrogen-bond acceptors (Lipinski definition) is 4. The van der Waals surface area contributed by atoms with Gasteiger partial charge in [0.15, 0.2) is 0 Å². The lowest BCUT2D eigenvalue weighted by atomic mass is 10.1. The fourth-order valence-corrected chi connectivity index (χ4v) is 4.14. The summed E-state index contributed by atoms with van der Waals surface area (Å²) in [5, 5.41) is 9.22. The van der Waals surface area contributed by atoms with Gasteiger partial charge in [-0.3, -0.25) is 0 Å². The molecule has 0 amide bonds. The number of nitriles is 1. The Hall–Kier alpha value is -1.13. The largest absolute Gasteiger partial charge is 0.330 e. The predicted molar refractivity (Wildman–Crippen MR) is 72.1 cm³/mol. The van der Waals surface area contributed by atoms with Crippen LogP contribution in [0.1, 0.15) is 12.0 Å². The lowest BCUT2D eigenvalue weighted by Gasteiger charge is -2.17. The van der Waals surface area contributed by atoms with Crippen molar-refractivity contribution in [2.45, 2.75) is 11.3 Å². The summed E-state index contributed by atoms with van der Waals surface area (Å²) in [6, 6.07) is 6.31. The van der Waals surface area contributed by atoms with Gasteiger partial charge < -0.3 is 5.73 Å². The lowest BCUT2D eigenvalue weighted by molar-refractivity contribution is 0.459. The molecule has 1 atom stereocenters. The minimum Gasteiger partial charge on any atom is -0.330 e. The average molecular weight is 300 g/mol. The van der Waals surface area contributed by atoms with Gasteiger partial charge in [0.25, 0.3) is 0 Å². The van der Waals surface area contributed by atoms with Crippen LogP contribution in [-0.2, 0) is 10.0 Å². The van der Waals surface area contributed by atoms with Gasteiger partial charge in [-0.15, -0.1) is 0 Å². The van der Waals surface area contributed by atoms with Crippen LogP contribution in [0.4, 0.5) is 0 Å². The molecule has 1 aromatic carbocycles. The molecule has 1 fully saturated rings. The normalized spacial score (nSPS) is 20.4. The van der Waals surface area contributed by atoms with E-state index in [0.29, 0.717) is 19.6 Å². The molecular formula is C12H14ClN3O2S. The van der Waals surface area contributed by atoms with E-state index in [4.69, 9.17) is 22.6 Å². The van der Waals surface area contributed by atoms with Gasteiger partial charge >= 0.3 is 0 Å². The van der Waals surface area contributed by atoms with E-state index in [9.17, 15) is 8.42 Å². The molecule has 2 N–H and O–H groups in total. The summed E-state index contributed by atoms with van der Waals surface area (Å²) in [6.07, 6.45) is 0.748. The molecule has 0 spiro atoms. The fourth-order valence-electron chi connectivity index (χ4n) is 2.17. The van der Waals surface area contributed by atoms with Crippen molar-refractivity contribution in [3.05, 3.63) is 28.8 Å². The van der Waals surface area contributed by atoms with Gasteiger partial charge in [-0.25, -0.2) is 8.42 Å². The second kappa shape index (κ2) is 5.47. The smallest absolute Gasteiger partial charge is 0.244 e. The number of nitrogens with two attached hydrogens (primary N) is 1. The van der Waals surface area contributed by atoms with Gasteiger partial charge in [-0.2, -0.15) is 9.57 Å². The zero-order chi connectivity index (χ0) is 14.0. The monoisotopic (exact) mass is 299 g/mol. The van der Waals surface area contributed by atoms with E-state index in [1.165, 1.54) is 22.5 Å². The van der Waals surface area contributed by atoms with Crippen molar-refractivity contribution in [3.8, 4) is 6.07 Å². The quantitative estimate of drug-likeness (QED) is 0.908. The van der Waals surface area contributed by atoms with E-state index < -0.39 is 10.0 Å². The Balaban J connectivity index is 2.42. The predicted octanol–water partition coefficient (Wildman–Crippen LogP) is 1.18. The summed E-state index contributed by atoms with van der Waals surface area (Å²) >= 11 is 5.87. The van der Waals surface area contributed by atoms with Crippen molar-refractivity contribution >= 4 is 21.6 Å². The number of sulfonamides is 1. The van der Waals surface area contributed by atoms with Crippen LogP contribution in [-0.4, -0.2) is 32.4 Å². The van der Waals surface area contributed by atoms with E-state index in [1.807, 2.05) is 6.07 Å². The van der Waals surface area contributed by atoms with Gasteiger partial charge in [0.2, 0.25) is 10.0 Å². The molecule has 0 bridgehead atoms. The van der Waals surface area contributed by atoms with Crippen molar-refractivity contribution < 1.29 is 8.42 Å². The maximum Gasteiger partial charge on any atom is 0.244 e. The zero-order valence-electron chi connectivity index (χ0n) is 10.2. The van der Waals surface area contributed by atoms with Crippen LogP contribution in [0.3, 0.4) is 0 Å². The highest BCUT2D eigenvalue weighted by atomic mass is 35.5. The molecule has 2 rings (SSSR count). The minimum absolute atomic E-state index is 0.000338. The van der Waals surface area contributed by atoms with Crippen LogP contribution in [0.25, 0.3) is 0 Å². The number of halogens is 1. The van der Waals surface area contributed by atoms with Crippen molar-refractivity contribution in [2.75, 3.05) is 19.6 Å². The Bertz CT molecular complexity index is 624. The number of hydrogen-bond donors (Lipinski definition) is 1. The molecule has 0 aliphatic carbocycles. The first-order valence-corrected chi connectivity index (χ1v) is 7.71. The van der Waals surface area contributed by atoms with Gasteiger partial charge in [0.05, 0.1) is 10.6 Å². The molecule has 1 aliphatic rings. The summed E-state index contributed by atoms with van der Waals surface area (Å²) in [5.41, 5.74) is 5.56. The summed E-state index contributed by atoms with van der Waals surface area (Å²) in [7, 11) is -3.68. The van der Waals surface area contributed by atoms with E-state index in [-0.39, 0.29) is 21.4 Å². The Labute approximate surface area is 117 Å². The third-order valence-corrected chi connectivity index (χ3v) is 5.51. The summed E-state index contributed by atoms with van der Waals surface area (Å²) in [4.78, 5) is -0.0276. The van der Waals surface area contributed by atoms with Crippen molar-refractivity contribution in [3.63, 3.8) is 0 Å². The fraction of sp³-hybridized carbons (Fsp3) is 0.417. The van der Waals surface area contributed by atoms with Gasteiger partial charge in [-0.1, -0.05) is 17.7 Å². The van der Waals surface area contributed by atoms with Crippen molar-refractivity contribution in [2.24, 2.45) is 11.7 Å². The Morgan fingerprint density at radius 1 is 1.53 bits per heavy atom. The third-order valence-electron chi connectivity index (χ3n) is 3.29. The molecule has 0 saturated carbocycles. The minimum atomic E-state index is -3.68. The van der Waals surface area contributed by atoms with Crippen LogP contribution >= 0.6 is 11.6 Å². The lowest BCUT2D eigenvalue weighted by Crippen LogP contribution is -2.30. The Morgan fingerprint density at radius 3 is 2.84 bits per heavy atom. The highest BCUT2D eigenvalue weighted by Crippen LogP contribution is 2.28. The van der Waals surface area contributed by atoms with Gasteiger partial charge in [0.1, 0.15) is 11.0 Å². The standard InChI is InChI=1S/C12H14ClN3O2S/c13-11-2-1-3-12(10(11)7-15)19(17,18)16-5-4-9(6-14)8-16/h1-3,9H,4-6,8,14H2. The molecule has 1 heterocycles. The van der Waals surface area contributed by atoms with Crippen LogP contribution in [0.15, 0.2) is 23.1 Å². The molecule has 19 heavy (non-hydrogen) atoms. The summed E-state index contributed by atoms with van der Waals surface area (Å²) < 4.78 is 26.4. The highest BCUT2D eigenvalue weighted by molar-refractivity contribution is 7.89. The second-order valence-electron chi connectivity index (χ2n) is 4.48. The van der Waals surface area contributed by atoms with Crippen molar-refractivity contribution in [1.82, 2.24) is 4.31 Å². The molecule has 0 aromatic heterocycles. The maximum absolute atomic E-state index is 12.5. The second-order valence-corrected chi connectivity index (χ2v) is 6.79. The molecular weight excluding hydrogens is 286 g/mol. The summed E-state index contributed by atoms with van der Waals surface area (Å²) in [5.74, 6) is 0.180. The van der Waals surface area contributed by atoms with Crippen LogP contribution in [0.5, 0.6) is 0 Å². The van der Waals surface area contributed by atoms with E-state index in [1.54, 1.807) is 0 Å². The number of nitrogens with zero attached hydrogens (tertiary/aromatic N) is 2. The number of rotatable bonds is 3. The first-order valence-electron chi connectivity index (χ1n) is 5.89. The van der Waals surface area contributed by atoms with E-state index in [0.717, 1.165) is 6.42 Å². The van der Waals surface area contributed by atoms with Crippen LogP contribution in [0.2, 0.25) is 5.02 Å². The van der Waals surface area contributed by atoms with Gasteiger partial charge in [0, 0.05) is 13.1 Å². The Morgan fingerprint density at radius 2 is 2.26 bits per heavy atom. The molecule has 0 radical (unpaired) electrons. The average Bonchev–Trinajstić information content (AvgIpc) is 2.87. The first-order chi connectivity index (χ1) is 9.00. The molecule has 7 heteroatoms. The van der Waals surface area contributed by atoms with Crippen LogP contribution in [0, 0.1) is 17.2 Å². The van der Waals surface area contributed by atoms with Gasteiger partial charge in [-0.05, 0) is 31.0 Å². The number of benzene rings is 1. The Kier molecular flexibility index (Phi) is 4.11.